The van der Waals surface area contributed by atoms with Gasteiger partial charge in [0.1, 0.15) is 4.83 Å². The van der Waals surface area contributed by atoms with E-state index < -0.39 is 0 Å². The van der Waals surface area contributed by atoms with Crippen LogP contribution in [0.2, 0.25) is 0 Å². The molecule has 0 unspecified atom stereocenters. The van der Waals surface area contributed by atoms with Crippen molar-refractivity contribution in [2.24, 2.45) is 0 Å². The monoisotopic (exact) mass is 329 g/mol. The summed E-state index contributed by atoms with van der Waals surface area (Å²) >= 11 is 1.38. The lowest BCUT2D eigenvalue weighted by atomic mass is 10.1. The SMILES string of the molecule is CC(=O)c1c(C)[nH]c(C(=O)Cn2cnc3sccc3c2=O)c1C. The normalized spacial score (nSPS) is 11.1. The van der Waals surface area contributed by atoms with Crippen molar-refractivity contribution in [1.29, 1.82) is 0 Å². The number of nitrogens with one attached hydrogen (secondary N) is 1. The number of carbonyl (C=O) groups is 2. The van der Waals surface area contributed by atoms with Crippen molar-refractivity contribution in [3.63, 3.8) is 0 Å². The van der Waals surface area contributed by atoms with Gasteiger partial charge < -0.3 is 4.98 Å². The highest BCUT2D eigenvalue weighted by Gasteiger charge is 2.20. The summed E-state index contributed by atoms with van der Waals surface area (Å²) in [6.07, 6.45) is 1.39. The number of rotatable bonds is 4. The summed E-state index contributed by atoms with van der Waals surface area (Å²) < 4.78 is 1.29. The van der Waals surface area contributed by atoms with Gasteiger partial charge in [-0.15, -0.1) is 11.3 Å². The summed E-state index contributed by atoms with van der Waals surface area (Å²) in [5.74, 6) is -0.342. The molecule has 0 aliphatic carbocycles. The highest BCUT2D eigenvalue weighted by Crippen LogP contribution is 2.19. The molecule has 0 saturated carbocycles. The van der Waals surface area contributed by atoms with Gasteiger partial charge in [-0.05, 0) is 37.8 Å². The number of aryl methyl sites for hydroxylation is 1. The fourth-order valence-corrected chi connectivity index (χ4v) is 3.52. The predicted molar refractivity (Wildman–Crippen MR) is 88.5 cm³/mol. The summed E-state index contributed by atoms with van der Waals surface area (Å²) in [7, 11) is 0. The Kier molecular flexibility index (Phi) is 3.73. The fourth-order valence-electron chi connectivity index (χ4n) is 2.80. The molecule has 0 amide bonds. The van der Waals surface area contributed by atoms with Crippen LogP contribution in [0.4, 0.5) is 0 Å². The van der Waals surface area contributed by atoms with Crippen molar-refractivity contribution in [3.05, 3.63) is 50.6 Å². The largest absolute Gasteiger partial charge is 0.355 e. The average Bonchev–Trinajstić information content (AvgIpc) is 3.06. The zero-order valence-corrected chi connectivity index (χ0v) is 13.8. The second-order valence-electron chi connectivity index (χ2n) is 5.42. The van der Waals surface area contributed by atoms with Crippen LogP contribution >= 0.6 is 11.3 Å². The summed E-state index contributed by atoms with van der Waals surface area (Å²) in [5.41, 5.74) is 1.95. The highest BCUT2D eigenvalue weighted by molar-refractivity contribution is 7.16. The minimum absolute atomic E-state index is 0.0890. The Labute approximate surface area is 135 Å². The maximum Gasteiger partial charge on any atom is 0.262 e. The van der Waals surface area contributed by atoms with E-state index in [1.165, 1.54) is 29.2 Å². The quantitative estimate of drug-likeness (QED) is 0.745. The number of H-pyrrole nitrogens is 1. The van der Waals surface area contributed by atoms with Gasteiger partial charge in [0.25, 0.3) is 5.56 Å². The van der Waals surface area contributed by atoms with Crippen LogP contribution in [-0.2, 0) is 6.54 Å². The summed E-state index contributed by atoms with van der Waals surface area (Å²) in [4.78, 5) is 44.3. The molecule has 0 saturated heterocycles. The van der Waals surface area contributed by atoms with Crippen molar-refractivity contribution in [1.82, 2.24) is 14.5 Å². The van der Waals surface area contributed by atoms with E-state index in [2.05, 4.69) is 9.97 Å². The van der Waals surface area contributed by atoms with Gasteiger partial charge in [0.2, 0.25) is 0 Å². The molecule has 0 radical (unpaired) electrons. The van der Waals surface area contributed by atoms with Gasteiger partial charge in [-0.1, -0.05) is 0 Å². The minimum Gasteiger partial charge on any atom is -0.355 e. The third-order valence-corrected chi connectivity index (χ3v) is 4.65. The number of hydrogen-bond acceptors (Lipinski definition) is 5. The molecule has 0 aromatic carbocycles. The van der Waals surface area contributed by atoms with Crippen molar-refractivity contribution in [2.75, 3.05) is 0 Å². The molecule has 0 aliphatic heterocycles. The molecular formula is C16H15N3O3S. The summed E-state index contributed by atoms with van der Waals surface area (Å²) in [6, 6.07) is 1.70. The molecule has 3 aromatic heterocycles. The second-order valence-corrected chi connectivity index (χ2v) is 6.32. The molecule has 0 fully saturated rings. The Morgan fingerprint density at radius 1 is 1.35 bits per heavy atom. The average molecular weight is 329 g/mol. The summed E-state index contributed by atoms with van der Waals surface area (Å²) in [6.45, 7) is 4.84. The van der Waals surface area contributed by atoms with Crippen LogP contribution in [0.1, 0.15) is 39.0 Å². The molecule has 0 spiro atoms. The molecule has 118 valence electrons. The Morgan fingerprint density at radius 3 is 2.74 bits per heavy atom. The molecule has 3 heterocycles. The fraction of sp³-hybridized carbons (Fsp3) is 0.250. The van der Waals surface area contributed by atoms with E-state index in [0.29, 0.717) is 32.7 Å². The molecule has 6 nitrogen and oxygen atoms in total. The van der Waals surface area contributed by atoms with Gasteiger partial charge in [0.05, 0.1) is 24.0 Å². The van der Waals surface area contributed by atoms with E-state index in [1.54, 1.807) is 25.3 Å². The topological polar surface area (TPSA) is 84.8 Å². The van der Waals surface area contributed by atoms with E-state index in [1.807, 2.05) is 0 Å². The molecule has 7 heteroatoms. The predicted octanol–water partition coefficient (Wildman–Crippen LogP) is 2.49. The van der Waals surface area contributed by atoms with Crippen LogP contribution in [0.25, 0.3) is 10.2 Å². The van der Waals surface area contributed by atoms with Crippen molar-refractivity contribution in [3.8, 4) is 0 Å². The molecular weight excluding hydrogens is 314 g/mol. The van der Waals surface area contributed by atoms with Crippen LogP contribution < -0.4 is 5.56 Å². The van der Waals surface area contributed by atoms with Crippen LogP contribution in [-0.4, -0.2) is 26.1 Å². The van der Waals surface area contributed by atoms with Crippen LogP contribution in [0.5, 0.6) is 0 Å². The Balaban J connectivity index is 1.98. The molecule has 3 rings (SSSR count). The lowest BCUT2D eigenvalue weighted by Crippen LogP contribution is -2.24. The maximum absolute atomic E-state index is 12.5. The van der Waals surface area contributed by atoms with Gasteiger partial charge in [0, 0.05) is 11.3 Å². The number of nitrogens with zero attached hydrogens (tertiary/aromatic N) is 2. The van der Waals surface area contributed by atoms with Crippen molar-refractivity contribution < 1.29 is 9.59 Å². The van der Waals surface area contributed by atoms with Gasteiger partial charge >= 0.3 is 0 Å². The lowest BCUT2D eigenvalue weighted by Gasteiger charge is -2.04. The molecule has 23 heavy (non-hydrogen) atoms. The number of fused-ring (bicyclic) bond motifs is 1. The van der Waals surface area contributed by atoms with Crippen molar-refractivity contribution in [2.45, 2.75) is 27.3 Å². The number of carbonyl (C=O) groups excluding carboxylic acids is 2. The smallest absolute Gasteiger partial charge is 0.262 e. The number of aromatic nitrogens is 3. The number of aromatic amines is 1. The Bertz CT molecular complexity index is 994. The standard InChI is InChI=1S/C16H15N3O3S/c1-8-13(10(3)20)9(2)18-14(8)12(21)6-19-7-17-15-11(16(19)22)4-5-23-15/h4-5,7,18H,6H2,1-3H3. The van der Waals surface area contributed by atoms with Gasteiger partial charge in [-0.25, -0.2) is 4.98 Å². The van der Waals surface area contributed by atoms with E-state index in [9.17, 15) is 14.4 Å². The molecule has 0 atom stereocenters. The molecule has 0 aliphatic rings. The first kappa shape index (κ1) is 15.4. The first-order chi connectivity index (χ1) is 10.9. The third-order valence-electron chi connectivity index (χ3n) is 3.83. The molecule has 0 bridgehead atoms. The number of ketones is 2. The zero-order valence-electron chi connectivity index (χ0n) is 13.0. The van der Waals surface area contributed by atoms with Crippen LogP contribution in [0.3, 0.4) is 0 Å². The Hall–Kier alpha value is -2.54. The zero-order chi connectivity index (χ0) is 16.7. The maximum atomic E-state index is 12.5. The first-order valence-corrected chi connectivity index (χ1v) is 7.94. The minimum atomic E-state index is -0.253. The first-order valence-electron chi connectivity index (χ1n) is 7.06. The van der Waals surface area contributed by atoms with Gasteiger partial charge in [-0.3, -0.25) is 19.0 Å². The van der Waals surface area contributed by atoms with Gasteiger partial charge in [0.15, 0.2) is 11.6 Å². The molecule has 1 N–H and O–H groups in total. The van der Waals surface area contributed by atoms with E-state index in [0.717, 1.165) is 0 Å². The second kappa shape index (κ2) is 5.58. The number of Topliss-reactive ketones (excluding diaryl/α,β-unsaturated/α-hetero) is 2. The third kappa shape index (κ3) is 2.53. The van der Waals surface area contributed by atoms with Crippen LogP contribution in [0, 0.1) is 13.8 Å². The van der Waals surface area contributed by atoms with E-state index >= 15 is 0 Å². The van der Waals surface area contributed by atoms with Crippen LogP contribution in [0.15, 0.2) is 22.6 Å². The Morgan fingerprint density at radius 2 is 2.09 bits per heavy atom. The lowest BCUT2D eigenvalue weighted by molar-refractivity contribution is 0.0965. The van der Waals surface area contributed by atoms with Gasteiger partial charge in [-0.2, -0.15) is 0 Å². The van der Waals surface area contributed by atoms with E-state index in [4.69, 9.17) is 0 Å². The molecule has 3 aromatic rings. The van der Waals surface area contributed by atoms with Crippen molar-refractivity contribution >= 4 is 33.1 Å². The number of hydrogen-bond donors (Lipinski definition) is 1. The summed E-state index contributed by atoms with van der Waals surface area (Å²) in [5, 5.41) is 2.30. The highest BCUT2D eigenvalue weighted by atomic mass is 32.1. The number of thiophene rings is 1. The van der Waals surface area contributed by atoms with E-state index in [-0.39, 0.29) is 23.7 Å².